The molecule has 3 aromatic rings. The maximum absolute atomic E-state index is 9.34. The number of hydrogen-bond donors (Lipinski definition) is 4. The van der Waals surface area contributed by atoms with Crippen molar-refractivity contribution in [3.63, 3.8) is 0 Å². The van der Waals surface area contributed by atoms with Gasteiger partial charge >= 0.3 is 0 Å². The van der Waals surface area contributed by atoms with Gasteiger partial charge in [0.05, 0.1) is 12.8 Å². The summed E-state index contributed by atoms with van der Waals surface area (Å²) in [6.07, 6.45) is 1.62. The summed E-state index contributed by atoms with van der Waals surface area (Å²) in [6.45, 7) is 3.13. The number of benzene rings is 1. The third-order valence-electron chi connectivity index (χ3n) is 3.09. The first-order chi connectivity index (χ1) is 11.7. The molecule has 0 aliphatic carbocycles. The Kier molecular flexibility index (Phi) is 4.76. The fourth-order valence-electron chi connectivity index (χ4n) is 2.00. The number of anilines is 4. The van der Waals surface area contributed by atoms with Crippen LogP contribution in [-0.4, -0.2) is 26.6 Å². The zero-order valence-electron chi connectivity index (χ0n) is 13.2. The van der Waals surface area contributed by atoms with Crippen molar-refractivity contribution in [3.05, 3.63) is 48.4 Å². The van der Waals surface area contributed by atoms with Crippen molar-refractivity contribution >= 4 is 23.5 Å². The molecular formula is C16H18N6O2. The van der Waals surface area contributed by atoms with Crippen molar-refractivity contribution in [1.82, 2.24) is 15.0 Å². The SMILES string of the molecule is CCNc1nc(NCc2ccco2)nc(Nc2ccc(O)cc2)n1. The number of rotatable bonds is 7. The van der Waals surface area contributed by atoms with E-state index in [1.165, 1.54) is 0 Å². The molecule has 0 saturated heterocycles. The van der Waals surface area contributed by atoms with Crippen molar-refractivity contribution in [2.45, 2.75) is 13.5 Å². The van der Waals surface area contributed by atoms with E-state index in [0.29, 0.717) is 30.9 Å². The van der Waals surface area contributed by atoms with Gasteiger partial charge in [-0.15, -0.1) is 0 Å². The summed E-state index contributed by atoms with van der Waals surface area (Å²) >= 11 is 0. The van der Waals surface area contributed by atoms with E-state index in [4.69, 9.17) is 4.42 Å². The topological polar surface area (TPSA) is 108 Å². The second-order valence-corrected chi connectivity index (χ2v) is 4.94. The summed E-state index contributed by atoms with van der Waals surface area (Å²) in [6, 6.07) is 10.3. The van der Waals surface area contributed by atoms with Crippen molar-refractivity contribution in [2.24, 2.45) is 0 Å². The number of furan rings is 1. The molecule has 0 atom stereocenters. The van der Waals surface area contributed by atoms with Crippen LogP contribution in [0.3, 0.4) is 0 Å². The van der Waals surface area contributed by atoms with E-state index in [0.717, 1.165) is 11.4 Å². The molecule has 2 aromatic heterocycles. The van der Waals surface area contributed by atoms with Crippen LogP contribution < -0.4 is 16.0 Å². The van der Waals surface area contributed by atoms with Gasteiger partial charge in [-0.25, -0.2) is 0 Å². The Morgan fingerprint density at radius 2 is 1.67 bits per heavy atom. The van der Waals surface area contributed by atoms with Crippen LogP contribution in [0.25, 0.3) is 0 Å². The number of nitrogens with zero attached hydrogens (tertiary/aromatic N) is 3. The van der Waals surface area contributed by atoms with E-state index in [-0.39, 0.29) is 5.75 Å². The minimum absolute atomic E-state index is 0.199. The maximum Gasteiger partial charge on any atom is 0.233 e. The summed E-state index contributed by atoms with van der Waals surface area (Å²) in [5.41, 5.74) is 0.762. The third-order valence-corrected chi connectivity index (χ3v) is 3.09. The number of aromatic hydroxyl groups is 1. The molecule has 124 valence electrons. The molecule has 24 heavy (non-hydrogen) atoms. The molecule has 3 rings (SSSR count). The van der Waals surface area contributed by atoms with Crippen LogP contribution in [0.5, 0.6) is 5.75 Å². The van der Waals surface area contributed by atoms with Crippen LogP contribution >= 0.6 is 0 Å². The lowest BCUT2D eigenvalue weighted by atomic mass is 10.3. The molecule has 2 heterocycles. The van der Waals surface area contributed by atoms with Gasteiger partial charge in [0.2, 0.25) is 17.8 Å². The highest BCUT2D eigenvalue weighted by atomic mass is 16.3. The number of aromatic nitrogens is 3. The van der Waals surface area contributed by atoms with Crippen LogP contribution in [0.4, 0.5) is 23.5 Å². The van der Waals surface area contributed by atoms with Gasteiger partial charge in [0.1, 0.15) is 11.5 Å². The van der Waals surface area contributed by atoms with Crippen molar-refractivity contribution < 1.29 is 9.52 Å². The van der Waals surface area contributed by atoms with Crippen LogP contribution in [0.1, 0.15) is 12.7 Å². The van der Waals surface area contributed by atoms with Gasteiger partial charge in [-0.3, -0.25) is 0 Å². The van der Waals surface area contributed by atoms with E-state index >= 15 is 0 Å². The average Bonchev–Trinajstić information content (AvgIpc) is 3.09. The predicted octanol–water partition coefficient (Wildman–Crippen LogP) is 2.96. The summed E-state index contributed by atoms with van der Waals surface area (Å²) in [5.74, 6) is 2.28. The third kappa shape index (κ3) is 4.13. The van der Waals surface area contributed by atoms with Crippen molar-refractivity contribution in [3.8, 4) is 5.75 Å². The van der Waals surface area contributed by atoms with Gasteiger partial charge in [0, 0.05) is 12.2 Å². The lowest BCUT2D eigenvalue weighted by molar-refractivity contribution is 0.475. The van der Waals surface area contributed by atoms with E-state index < -0.39 is 0 Å². The molecule has 1 aromatic carbocycles. The molecule has 0 bridgehead atoms. The molecule has 0 radical (unpaired) electrons. The van der Waals surface area contributed by atoms with E-state index in [1.54, 1.807) is 30.5 Å². The monoisotopic (exact) mass is 326 g/mol. The zero-order chi connectivity index (χ0) is 16.8. The molecule has 8 nitrogen and oxygen atoms in total. The van der Waals surface area contributed by atoms with Crippen LogP contribution in [-0.2, 0) is 6.54 Å². The second-order valence-electron chi connectivity index (χ2n) is 4.94. The largest absolute Gasteiger partial charge is 0.508 e. The molecule has 0 saturated carbocycles. The minimum Gasteiger partial charge on any atom is -0.508 e. The fraction of sp³-hybridized carbons (Fsp3) is 0.188. The highest BCUT2D eigenvalue weighted by Crippen LogP contribution is 2.18. The molecule has 8 heteroatoms. The maximum atomic E-state index is 9.34. The first-order valence-corrected chi connectivity index (χ1v) is 7.55. The van der Waals surface area contributed by atoms with Crippen molar-refractivity contribution in [2.75, 3.05) is 22.5 Å². The van der Waals surface area contributed by atoms with Gasteiger partial charge in [-0.05, 0) is 43.3 Å². The lowest BCUT2D eigenvalue weighted by Gasteiger charge is -2.10. The van der Waals surface area contributed by atoms with Crippen LogP contribution in [0.2, 0.25) is 0 Å². The first-order valence-electron chi connectivity index (χ1n) is 7.55. The zero-order valence-corrected chi connectivity index (χ0v) is 13.2. The quantitative estimate of drug-likeness (QED) is 0.491. The summed E-state index contributed by atoms with van der Waals surface area (Å²) in [5, 5.41) is 18.6. The highest BCUT2D eigenvalue weighted by Gasteiger charge is 2.07. The fourth-order valence-corrected chi connectivity index (χ4v) is 2.00. The molecule has 0 amide bonds. The normalized spacial score (nSPS) is 10.4. The van der Waals surface area contributed by atoms with E-state index in [9.17, 15) is 5.11 Å². The van der Waals surface area contributed by atoms with Gasteiger partial charge in [0.25, 0.3) is 0 Å². The Labute approximate surface area is 139 Å². The molecular weight excluding hydrogens is 308 g/mol. The molecule has 0 spiro atoms. The minimum atomic E-state index is 0.199. The molecule has 0 fully saturated rings. The number of nitrogens with one attached hydrogen (secondary N) is 3. The van der Waals surface area contributed by atoms with E-state index in [1.807, 2.05) is 19.1 Å². The van der Waals surface area contributed by atoms with E-state index in [2.05, 4.69) is 30.9 Å². The Balaban J connectivity index is 1.77. The smallest absolute Gasteiger partial charge is 0.233 e. The highest BCUT2D eigenvalue weighted by molar-refractivity contribution is 5.56. The lowest BCUT2D eigenvalue weighted by Crippen LogP contribution is -2.10. The van der Waals surface area contributed by atoms with Crippen LogP contribution in [0, 0.1) is 0 Å². The summed E-state index contributed by atoms with van der Waals surface area (Å²) in [4.78, 5) is 13.0. The second kappa shape index (κ2) is 7.32. The van der Waals surface area contributed by atoms with Gasteiger partial charge < -0.3 is 25.5 Å². The predicted molar refractivity (Wildman–Crippen MR) is 91.4 cm³/mol. The molecule has 0 aliphatic rings. The Hall–Kier alpha value is -3.29. The Morgan fingerprint density at radius 3 is 2.33 bits per heavy atom. The van der Waals surface area contributed by atoms with Crippen molar-refractivity contribution in [1.29, 1.82) is 0 Å². The Morgan fingerprint density at radius 1 is 0.958 bits per heavy atom. The summed E-state index contributed by atoms with van der Waals surface area (Å²) in [7, 11) is 0. The standard InChI is InChI=1S/C16H18N6O2/c1-2-17-14-20-15(18-10-13-4-3-9-24-13)22-16(21-14)19-11-5-7-12(23)8-6-11/h3-9,23H,2,10H2,1H3,(H3,17,18,19,20,21,22). The number of phenols is 1. The Bertz CT molecular complexity index is 774. The number of hydrogen-bond acceptors (Lipinski definition) is 8. The van der Waals surface area contributed by atoms with Crippen LogP contribution in [0.15, 0.2) is 47.1 Å². The van der Waals surface area contributed by atoms with Gasteiger partial charge in [0.15, 0.2) is 0 Å². The summed E-state index contributed by atoms with van der Waals surface area (Å²) < 4.78 is 5.28. The number of phenolic OH excluding ortho intramolecular Hbond substituents is 1. The van der Waals surface area contributed by atoms with Gasteiger partial charge in [-0.2, -0.15) is 15.0 Å². The molecule has 4 N–H and O–H groups in total. The molecule has 0 aliphatic heterocycles. The molecule has 0 unspecified atom stereocenters. The average molecular weight is 326 g/mol. The first kappa shape index (κ1) is 15.6. The van der Waals surface area contributed by atoms with Gasteiger partial charge in [-0.1, -0.05) is 0 Å².